The van der Waals surface area contributed by atoms with Gasteiger partial charge in [-0.05, 0) is 12.3 Å². The third-order valence-corrected chi connectivity index (χ3v) is 3.14. The molecule has 1 aliphatic rings. The van der Waals surface area contributed by atoms with E-state index >= 15 is 0 Å². The molecule has 86 valence electrons. The highest BCUT2D eigenvalue weighted by atomic mass is 16.2. The van der Waals surface area contributed by atoms with Crippen LogP contribution in [-0.4, -0.2) is 23.3 Å². The molecule has 0 radical (unpaired) electrons. The first-order chi connectivity index (χ1) is 7.19. The van der Waals surface area contributed by atoms with Crippen molar-refractivity contribution in [2.45, 2.75) is 52.4 Å². The quantitative estimate of drug-likeness (QED) is 0.632. The number of unbranched alkanes of at least 4 members (excludes halogenated alkanes) is 1. The minimum absolute atomic E-state index is 0.0231. The van der Waals surface area contributed by atoms with Gasteiger partial charge >= 0.3 is 0 Å². The van der Waals surface area contributed by atoms with Crippen LogP contribution in [0.15, 0.2) is 0 Å². The van der Waals surface area contributed by atoms with Crippen molar-refractivity contribution in [3.8, 4) is 0 Å². The molecule has 3 heteroatoms. The maximum absolute atomic E-state index is 11.4. The Balaban J connectivity index is 2.43. The van der Waals surface area contributed by atoms with E-state index in [-0.39, 0.29) is 11.8 Å². The fraction of sp³-hybridized carbons (Fsp3) is 0.833. The Kier molecular flexibility index (Phi) is 4.79. The van der Waals surface area contributed by atoms with Gasteiger partial charge in [0, 0.05) is 19.4 Å². The normalized spacial score (nSPS) is 18.7. The van der Waals surface area contributed by atoms with Crippen LogP contribution in [-0.2, 0) is 9.59 Å². The molecule has 1 unspecified atom stereocenters. The standard InChI is InChI=1S/C12H21NO2/c1-3-5-6-10(4-2)9-13-11(14)7-8-12(13)15/h10H,3-9H2,1-2H3. The summed E-state index contributed by atoms with van der Waals surface area (Å²) in [6.45, 7) is 4.94. The van der Waals surface area contributed by atoms with Crippen molar-refractivity contribution in [2.75, 3.05) is 6.54 Å². The molecule has 0 N–H and O–H groups in total. The molecule has 2 amide bonds. The van der Waals surface area contributed by atoms with Crippen molar-refractivity contribution < 1.29 is 9.59 Å². The zero-order valence-corrected chi connectivity index (χ0v) is 9.79. The van der Waals surface area contributed by atoms with Crippen LogP contribution in [0.4, 0.5) is 0 Å². The van der Waals surface area contributed by atoms with Crippen LogP contribution in [0.2, 0.25) is 0 Å². The molecule has 0 aromatic heterocycles. The molecule has 1 aliphatic heterocycles. The van der Waals surface area contributed by atoms with Gasteiger partial charge in [-0.15, -0.1) is 0 Å². The third kappa shape index (κ3) is 3.33. The van der Waals surface area contributed by atoms with Gasteiger partial charge in [0.2, 0.25) is 11.8 Å². The average molecular weight is 211 g/mol. The van der Waals surface area contributed by atoms with Gasteiger partial charge in [0.15, 0.2) is 0 Å². The van der Waals surface area contributed by atoms with E-state index in [1.807, 2.05) is 0 Å². The summed E-state index contributed by atoms with van der Waals surface area (Å²) in [4.78, 5) is 24.3. The highest BCUT2D eigenvalue weighted by Gasteiger charge is 2.30. The summed E-state index contributed by atoms with van der Waals surface area (Å²) in [6, 6.07) is 0. The van der Waals surface area contributed by atoms with Gasteiger partial charge in [-0.25, -0.2) is 0 Å². The number of nitrogens with zero attached hydrogens (tertiary/aromatic N) is 1. The molecule has 1 heterocycles. The molecule has 15 heavy (non-hydrogen) atoms. The Hall–Kier alpha value is -0.860. The van der Waals surface area contributed by atoms with Gasteiger partial charge in [0.05, 0.1) is 0 Å². The lowest BCUT2D eigenvalue weighted by atomic mass is 9.99. The number of amides is 2. The van der Waals surface area contributed by atoms with Gasteiger partial charge in [0.25, 0.3) is 0 Å². The minimum atomic E-state index is 0.0231. The van der Waals surface area contributed by atoms with Crippen LogP contribution in [0, 0.1) is 5.92 Å². The Labute approximate surface area is 91.8 Å². The molecule has 0 bridgehead atoms. The van der Waals surface area contributed by atoms with Crippen LogP contribution in [0.5, 0.6) is 0 Å². The zero-order chi connectivity index (χ0) is 11.3. The molecular weight excluding hydrogens is 190 g/mol. The van der Waals surface area contributed by atoms with Gasteiger partial charge in [-0.2, -0.15) is 0 Å². The maximum atomic E-state index is 11.4. The SMILES string of the molecule is CCCCC(CC)CN1C(=O)CCC1=O. The number of imide groups is 1. The van der Waals surface area contributed by atoms with Crippen molar-refractivity contribution >= 4 is 11.8 Å². The summed E-state index contributed by atoms with van der Waals surface area (Å²) in [7, 11) is 0. The first kappa shape index (κ1) is 12.2. The molecule has 1 rings (SSSR count). The highest BCUT2D eigenvalue weighted by molar-refractivity contribution is 6.01. The second-order valence-corrected chi connectivity index (χ2v) is 4.31. The summed E-state index contributed by atoms with van der Waals surface area (Å²) in [5.41, 5.74) is 0. The summed E-state index contributed by atoms with van der Waals surface area (Å²) < 4.78 is 0. The van der Waals surface area contributed by atoms with E-state index in [0.29, 0.717) is 25.3 Å². The smallest absolute Gasteiger partial charge is 0.229 e. The van der Waals surface area contributed by atoms with Crippen molar-refractivity contribution in [2.24, 2.45) is 5.92 Å². The van der Waals surface area contributed by atoms with Crippen LogP contribution in [0.25, 0.3) is 0 Å². The van der Waals surface area contributed by atoms with Crippen LogP contribution in [0.3, 0.4) is 0 Å². The van der Waals surface area contributed by atoms with Crippen molar-refractivity contribution in [3.63, 3.8) is 0 Å². The number of hydrogen-bond donors (Lipinski definition) is 0. The Morgan fingerprint density at radius 3 is 2.27 bits per heavy atom. The molecule has 1 saturated heterocycles. The van der Waals surface area contributed by atoms with Crippen molar-refractivity contribution in [1.82, 2.24) is 4.90 Å². The molecule has 3 nitrogen and oxygen atoms in total. The minimum Gasteiger partial charge on any atom is -0.282 e. The van der Waals surface area contributed by atoms with E-state index in [9.17, 15) is 9.59 Å². The van der Waals surface area contributed by atoms with Gasteiger partial charge in [0.1, 0.15) is 0 Å². The summed E-state index contributed by atoms with van der Waals surface area (Å²) in [5.74, 6) is 0.542. The van der Waals surface area contributed by atoms with Crippen LogP contribution in [0.1, 0.15) is 52.4 Å². The lowest BCUT2D eigenvalue weighted by molar-refractivity contribution is -0.139. The maximum Gasteiger partial charge on any atom is 0.229 e. The van der Waals surface area contributed by atoms with E-state index in [1.165, 1.54) is 17.7 Å². The van der Waals surface area contributed by atoms with Gasteiger partial charge in [-0.1, -0.05) is 33.1 Å². The third-order valence-electron chi connectivity index (χ3n) is 3.14. The Morgan fingerprint density at radius 1 is 1.20 bits per heavy atom. The lowest BCUT2D eigenvalue weighted by Gasteiger charge is -2.21. The number of rotatable bonds is 6. The lowest BCUT2D eigenvalue weighted by Crippen LogP contribution is -2.33. The molecule has 0 saturated carbocycles. The van der Waals surface area contributed by atoms with E-state index < -0.39 is 0 Å². The number of likely N-dealkylation sites (tertiary alicyclic amines) is 1. The average Bonchev–Trinajstić information content (AvgIpc) is 2.55. The summed E-state index contributed by atoms with van der Waals surface area (Å²) in [6.07, 6.45) is 5.39. The van der Waals surface area contributed by atoms with Crippen molar-refractivity contribution in [1.29, 1.82) is 0 Å². The van der Waals surface area contributed by atoms with E-state index in [1.54, 1.807) is 0 Å². The molecular formula is C12H21NO2. The predicted octanol–water partition coefficient (Wildman–Crippen LogP) is 2.35. The molecule has 0 aromatic carbocycles. The van der Waals surface area contributed by atoms with E-state index in [2.05, 4.69) is 13.8 Å². The molecule has 1 fully saturated rings. The molecule has 1 atom stereocenters. The number of hydrogen-bond acceptors (Lipinski definition) is 2. The number of carbonyl (C=O) groups excluding carboxylic acids is 2. The number of carbonyl (C=O) groups is 2. The molecule has 0 aromatic rings. The molecule has 0 spiro atoms. The first-order valence-electron chi connectivity index (χ1n) is 6.02. The fourth-order valence-electron chi connectivity index (χ4n) is 2.00. The monoisotopic (exact) mass is 211 g/mol. The van der Waals surface area contributed by atoms with Crippen molar-refractivity contribution in [3.05, 3.63) is 0 Å². The van der Waals surface area contributed by atoms with Crippen LogP contribution < -0.4 is 0 Å². The summed E-state index contributed by atoms with van der Waals surface area (Å²) >= 11 is 0. The second kappa shape index (κ2) is 5.89. The topological polar surface area (TPSA) is 37.4 Å². The Bertz CT molecular complexity index is 222. The fourth-order valence-corrected chi connectivity index (χ4v) is 2.00. The summed E-state index contributed by atoms with van der Waals surface area (Å²) in [5, 5.41) is 0. The second-order valence-electron chi connectivity index (χ2n) is 4.31. The highest BCUT2D eigenvalue weighted by Crippen LogP contribution is 2.19. The van der Waals surface area contributed by atoms with Crippen LogP contribution >= 0.6 is 0 Å². The van der Waals surface area contributed by atoms with Gasteiger partial charge < -0.3 is 0 Å². The van der Waals surface area contributed by atoms with Gasteiger partial charge in [-0.3, -0.25) is 14.5 Å². The van der Waals surface area contributed by atoms with E-state index in [0.717, 1.165) is 12.8 Å². The predicted molar refractivity (Wildman–Crippen MR) is 59.3 cm³/mol. The van der Waals surface area contributed by atoms with E-state index in [4.69, 9.17) is 0 Å². The molecule has 0 aliphatic carbocycles. The Morgan fingerprint density at radius 2 is 1.80 bits per heavy atom. The largest absolute Gasteiger partial charge is 0.282 e. The zero-order valence-electron chi connectivity index (χ0n) is 9.79. The first-order valence-corrected chi connectivity index (χ1v) is 6.02.